The van der Waals surface area contributed by atoms with Crippen LogP contribution in [0.5, 0.6) is 0 Å². The fourth-order valence-electron chi connectivity index (χ4n) is 2.68. The van der Waals surface area contributed by atoms with Crippen molar-refractivity contribution < 1.29 is 14.1 Å². The zero-order chi connectivity index (χ0) is 23.2. The summed E-state index contributed by atoms with van der Waals surface area (Å²) in [6.07, 6.45) is 0. The van der Waals surface area contributed by atoms with E-state index in [1.807, 2.05) is 24.3 Å². The van der Waals surface area contributed by atoms with Crippen LogP contribution in [0.3, 0.4) is 0 Å². The number of nitro benzene ring substituents is 1. The molecule has 0 aliphatic rings. The lowest BCUT2D eigenvalue weighted by Gasteiger charge is -2.05. The third-order valence-electron chi connectivity index (χ3n) is 4.26. The number of nitrogens with zero attached hydrogens (tertiary/aromatic N) is 4. The van der Waals surface area contributed by atoms with E-state index in [4.69, 9.17) is 4.42 Å². The number of ketones is 1. The molecule has 0 fully saturated rings. The molecule has 0 saturated heterocycles. The average molecular weight is 524 g/mol. The summed E-state index contributed by atoms with van der Waals surface area (Å²) in [7, 11) is 0. The zero-order valence-electron chi connectivity index (χ0n) is 16.7. The number of hydrogen-bond acceptors (Lipinski definition) is 9. The second-order valence-electron chi connectivity index (χ2n) is 6.51. The van der Waals surface area contributed by atoms with Crippen LogP contribution in [-0.2, 0) is 0 Å². The number of non-ortho nitro benzene ring substituents is 1. The minimum absolute atomic E-state index is 0.0505. The van der Waals surface area contributed by atoms with E-state index < -0.39 is 4.92 Å². The number of hydrazone groups is 1. The third-order valence-corrected chi connectivity index (χ3v) is 5.56. The molecule has 1 N–H and O–H groups in total. The molecule has 0 aliphatic heterocycles. The van der Waals surface area contributed by atoms with E-state index >= 15 is 0 Å². The number of halogens is 1. The van der Waals surface area contributed by atoms with Crippen LogP contribution in [0.2, 0.25) is 0 Å². The summed E-state index contributed by atoms with van der Waals surface area (Å²) in [5, 5.41) is 23.3. The number of nitro groups is 1. The van der Waals surface area contributed by atoms with Crippen LogP contribution >= 0.6 is 27.7 Å². The lowest BCUT2D eigenvalue weighted by atomic mass is 10.1. The van der Waals surface area contributed by atoms with Crippen molar-refractivity contribution in [2.45, 2.75) is 5.22 Å². The molecule has 33 heavy (non-hydrogen) atoms. The van der Waals surface area contributed by atoms with Gasteiger partial charge in [0.15, 0.2) is 5.04 Å². The molecule has 164 valence electrons. The molecule has 0 amide bonds. The van der Waals surface area contributed by atoms with Gasteiger partial charge in [-0.25, -0.2) is 0 Å². The van der Waals surface area contributed by atoms with E-state index in [2.05, 4.69) is 36.7 Å². The smallest absolute Gasteiger partial charge is 0.283 e. The van der Waals surface area contributed by atoms with E-state index in [1.54, 1.807) is 30.3 Å². The van der Waals surface area contributed by atoms with Gasteiger partial charge in [-0.1, -0.05) is 52.3 Å². The average Bonchev–Trinajstić information content (AvgIpc) is 3.31. The molecule has 0 saturated carbocycles. The first-order valence-electron chi connectivity index (χ1n) is 9.45. The summed E-state index contributed by atoms with van der Waals surface area (Å²) < 4.78 is 6.58. The number of nitrogens with one attached hydrogen (secondary N) is 1. The van der Waals surface area contributed by atoms with Crippen molar-refractivity contribution >= 4 is 49.9 Å². The van der Waals surface area contributed by atoms with E-state index in [9.17, 15) is 14.9 Å². The number of carbonyl (C=O) groups is 1. The highest BCUT2D eigenvalue weighted by molar-refractivity contribution is 9.10. The highest BCUT2D eigenvalue weighted by Gasteiger charge is 2.20. The third kappa shape index (κ3) is 5.70. The van der Waals surface area contributed by atoms with Gasteiger partial charge in [0.05, 0.1) is 10.6 Å². The molecule has 1 aromatic heterocycles. The van der Waals surface area contributed by atoms with Crippen molar-refractivity contribution in [2.24, 2.45) is 5.10 Å². The van der Waals surface area contributed by atoms with Gasteiger partial charge < -0.3 is 4.42 Å². The zero-order valence-corrected chi connectivity index (χ0v) is 19.1. The summed E-state index contributed by atoms with van der Waals surface area (Å²) in [4.78, 5) is 23.4. The van der Waals surface area contributed by atoms with Crippen molar-refractivity contribution in [3.63, 3.8) is 0 Å². The Bertz CT molecular complexity index is 1330. The first-order valence-corrected chi connectivity index (χ1v) is 11.1. The number of anilines is 1. The highest BCUT2D eigenvalue weighted by atomic mass is 79.9. The maximum Gasteiger partial charge on any atom is 0.283 e. The standard InChI is InChI=1S/C22H14BrN5O4S/c23-16-8-4-7-15(13-16)20-25-27-22(32-20)33-21(19(29)14-5-2-1-3-6-14)26-24-17-9-11-18(12-10-17)28(30)31/h1-13,24H/b26-21-. The number of aromatic nitrogens is 2. The quantitative estimate of drug-likeness (QED) is 0.0803. The minimum Gasteiger partial charge on any atom is -0.411 e. The molecular weight excluding hydrogens is 510 g/mol. The largest absolute Gasteiger partial charge is 0.411 e. The van der Waals surface area contributed by atoms with Crippen molar-refractivity contribution in [3.8, 4) is 11.5 Å². The maximum atomic E-state index is 13.1. The molecular formula is C22H14BrN5O4S. The van der Waals surface area contributed by atoms with Gasteiger partial charge in [0.1, 0.15) is 0 Å². The van der Waals surface area contributed by atoms with Gasteiger partial charge in [0, 0.05) is 27.7 Å². The van der Waals surface area contributed by atoms with Crippen molar-refractivity contribution in [1.82, 2.24) is 10.2 Å². The van der Waals surface area contributed by atoms with E-state index in [0.29, 0.717) is 17.1 Å². The van der Waals surface area contributed by atoms with Gasteiger partial charge in [-0.15, -0.1) is 10.2 Å². The molecule has 0 aliphatic carbocycles. The number of rotatable bonds is 7. The van der Waals surface area contributed by atoms with E-state index in [1.165, 1.54) is 24.3 Å². The highest BCUT2D eigenvalue weighted by Crippen LogP contribution is 2.27. The Hall–Kier alpha value is -3.83. The minimum atomic E-state index is -0.494. The second-order valence-corrected chi connectivity index (χ2v) is 8.37. The molecule has 0 radical (unpaired) electrons. The maximum absolute atomic E-state index is 13.1. The monoisotopic (exact) mass is 523 g/mol. The summed E-state index contributed by atoms with van der Waals surface area (Å²) in [5.74, 6) is -0.0501. The van der Waals surface area contributed by atoms with Crippen LogP contribution in [0, 0.1) is 10.1 Å². The van der Waals surface area contributed by atoms with Crippen LogP contribution in [0.1, 0.15) is 10.4 Å². The number of hydrogen-bond donors (Lipinski definition) is 1. The Morgan fingerprint density at radius 3 is 2.48 bits per heavy atom. The number of Topliss-reactive ketones (excluding diaryl/α,β-unsaturated/α-hetero) is 1. The van der Waals surface area contributed by atoms with Crippen LogP contribution < -0.4 is 5.43 Å². The SMILES string of the molecule is O=C(/C(=N/Nc1ccc([N+](=O)[O-])cc1)Sc1nnc(-c2cccc(Br)c2)o1)c1ccccc1. The second kappa shape index (κ2) is 10.2. The molecule has 1 heterocycles. The Balaban J connectivity index is 1.60. The number of carbonyl (C=O) groups excluding carboxylic acids is 1. The summed E-state index contributed by atoms with van der Waals surface area (Å²) in [5.41, 5.74) is 4.33. The predicted molar refractivity (Wildman–Crippen MR) is 128 cm³/mol. The van der Waals surface area contributed by atoms with Crippen LogP contribution in [0.25, 0.3) is 11.5 Å². The molecule has 4 aromatic rings. The summed E-state index contributed by atoms with van der Waals surface area (Å²) in [6, 6.07) is 21.7. The molecule has 4 rings (SSSR count). The van der Waals surface area contributed by atoms with Gasteiger partial charge in [-0.3, -0.25) is 20.3 Å². The fourth-order valence-corrected chi connectivity index (χ4v) is 3.75. The Kier molecular flexibility index (Phi) is 6.91. The Morgan fingerprint density at radius 1 is 1.03 bits per heavy atom. The van der Waals surface area contributed by atoms with Gasteiger partial charge >= 0.3 is 0 Å². The molecule has 3 aromatic carbocycles. The fraction of sp³-hybridized carbons (Fsp3) is 0. The van der Waals surface area contributed by atoms with E-state index in [-0.39, 0.29) is 21.7 Å². The van der Waals surface area contributed by atoms with Gasteiger partial charge in [0.2, 0.25) is 11.7 Å². The lowest BCUT2D eigenvalue weighted by Crippen LogP contribution is -2.13. The Morgan fingerprint density at radius 2 is 1.79 bits per heavy atom. The van der Waals surface area contributed by atoms with Crippen LogP contribution in [0.4, 0.5) is 11.4 Å². The van der Waals surface area contributed by atoms with Crippen LogP contribution in [-0.4, -0.2) is 25.9 Å². The number of thioether (sulfide) groups is 1. The van der Waals surface area contributed by atoms with Gasteiger partial charge in [-0.2, -0.15) is 5.10 Å². The predicted octanol–water partition coefficient (Wildman–Crippen LogP) is 5.81. The number of benzene rings is 3. The molecule has 11 heteroatoms. The van der Waals surface area contributed by atoms with Crippen LogP contribution in [0.15, 0.2) is 98.1 Å². The molecule has 0 unspecified atom stereocenters. The van der Waals surface area contributed by atoms with Gasteiger partial charge in [-0.05, 0) is 42.1 Å². The summed E-state index contributed by atoms with van der Waals surface area (Å²) in [6.45, 7) is 0. The lowest BCUT2D eigenvalue weighted by molar-refractivity contribution is -0.384. The van der Waals surface area contributed by atoms with Crippen molar-refractivity contribution in [3.05, 3.63) is 99.0 Å². The van der Waals surface area contributed by atoms with Crippen molar-refractivity contribution in [2.75, 3.05) is 5.43 Å². The van der Waals surface area contributed by atoms with Crippen molar-refractivity contribution in [1.29, 1.82) is 0 Å². The topological polar surface area (TPSA) is 124 Å². The normalized spacial score (nSPS) is 11.2. The van der Waals surface area contributed by atoms with E-state index in [0.717, 1.165) is 21.8 Å². The first-order chi connectivity index (χ1) is 16.0. The molecule has 0 spiro atoms. The molecule has 0 bridgehead atoms. The Labute approximate surface area is 200 Å². The van der Waals surface area contributed by atoms with Gasteiger partial charge in [0.25, 0.3) is 10.9 Å². The summed E-state index contributed by atoms with van der Waals surface area (Å²) >= 11 is 4.32. The molecule has 0 atom stereocenters. The molecule has 9 nitrogen and oxygen atoms in total. The first kappa shape index (κ1) is 22.4.